The smallest absolute Gasteiger partial charge is 0.253 e. The molecule has 0 aliphatic carbocycles. The van der Waals surface area contributed by atoms with Gasteiger partial charge in [0.15, 0.2) is 0 Å². The SMILES string of the molecule is CCCN(CCC)C(=O)c1cc(C)cc(C(=O)NC(c2cc(F)cc(F)c2)[C@H](O)[C@@H](O)CN2CCCCC2CC)c1. The molecule has 1 aliphatic rings. The van der Waals surface area contributed by atoms with Gasteiger partial charge in [0, 0.05) is 42.9 Å². The van der Waals surface area contributed by atoms with Gasteiger partial charge < -0.3 is 20.4 Å². The number of aliphatic hydroxyl groups excluding tert-OH is 2. The van der Waals surface area contributed by atoms with E-state index in [1.807, 2.05) is 13.8 Å². The Bertz CT molecular complexity index is 1150. The summed E-state index contributed by atoms with van der Waals surface area (Å²) in [5.41, 5.74) is 1.22. The van der Waals surface area contributed by atoms with Crippen LogP contribution >= 0.6 is 0 Å². The minimum Gasteiger partial charge on any atom is -0.389 e. The Labute approximate surface area is 242 Å². The molecule has 3 rings (SSSR count). The monoisotopic (exact) mass is 573 g/mol. The van der Waals surface area contributed by atoms with E-state index < -0.39 is 35.8 Å². The summed E-state index contributed by atoms with van der Waals surface area (Å²) in [6.07, 6.45) is 2.75. The van der Waals surface area contributed by atoms with Gasteiger partial charge in [0.2, 0.25) is 0 Å². The van der Waals surface area contributed by atoms with E-state index in [9.17, 15) is 28.6 Å². The van der Waals surface area contributed by atoms with Crippen molar-refractivity contribution in [3.63, 3.8) is 0 Å². The lowest BCUT2D eigenvalue weighted by molar-refractivity contribution is -0.0327. The molecule has 0 radical (unpaired) electrons. The van der Waals surface area contributed by atoms with Crippen LogP contribution in [0.25, 0.3) is 0 Å². The number of piperidine rings is 1. The third-order valence-electron chi connectivity index (χ3n) is 7.77. The highest BCUT2D eigenvalue weighted by Gasteiger charge is 2.33. The van der Waals surface area contributed by atoms with Crippen molar-refractivity contribution in [1.82, 2.24) is 15.1 Å². The zero-order valence-electron chi connectivity index (χ0n) is 24.7. The van der Waals surface area contributed by atoms with Crippen LogP contribution in [0, 0.1) is 18.6 Å². The van der Waals surface area contributed by atoms with Crippen LogP contribution in [-0.2, 0) is 0 Å². The summed E-state index contributed by atoms with van der Waals surface area (Å²) in [5.74, 6) is -2.54. The van der Waals surface area contributed by atoms with E-state index in [-0.39, 0.29) is 29.6 Å². The summed E-state index contributed by atoms with van der Waals surface area (Å²) >= 11 is 0. The first-order chi connectivity index (χ1) is 19.6. The van der Waals surface area contributed by atoms with E-state index in [0.717, 1.165) is 57.2 Å². The van der Waals surface area contributed by atoms with Crippen LogP contribution in [0.5, 0.6) is 0 Å². The molecule has 4 atom stereocenters. The number of rotatable bonds is 13. The highest BCUT2D eigenvalue weighted by Crippen LogP contribution is 2.26. The van der Waals surface area contributed by atoms with E-state index in [2.05, 4.69) is 17.1 Å². The van der Waals surface area contributed by atoms with E-state index in [4.69, 9.17) is 0 Å². The van der Waals surface area contributed by atoms with Crippen molar-refractivity contribution in [2.24, 2.45) is 0 Å². The number of carbonyl (C=O) groups excluding carboxylic acids is 2. The molecular weight excluding hydrogens is 528 g/mol. The minimum atomic E-state index is -1.55. The third-order valence-corrected chi connectivity index (χ3v) is 7.77. The van der Waals surface area contributed by atoms with Crippen LogP contribution in [0.2, 0.25) is 0 Å². The highest BCUT2D eigenvalue weighted by molar-refractivity contribution is 6.00. The quantitative estimate of drug-likeness (QED) is 0.314. The van der Waals surface area contributed by atoms with Gasteiger partial charge in [0.05, 0.1) is 12.1 Å². The molecular formula is C32H45F2N3O4. The van der Waals surface area contributed by atoms with Crippen LogP contribution < -0.4 is 5.32 Å². The Morgan fingerprint density at radius 1 is 0.976 bits per heavy atom. The number of nitrogens with one attached hydrogen (secondary N) is 1. The zero-order chi connectivity index (χ0) is 30.1. The van der Waals surface area contributed by atoms with Gasteiger partial charge in [-0.2, -0.15) is 0 Å². The molecule has 0 bridgehead atoms. The number of benzene rings is 2. The van der Waals surface area contributed by atoms with Gasteiger partial charge in [-0.05, 0) is 87.0 Å². The maximum atomic E-state index is 14.2. The average molecular weight is 574 g/mol. The lowest BCUT2D eigenvalue weighted by Gasteiger charge is -2.38. The van der Waals surface area contributed by atoms with E-state index in [0.29, 0.717) is 30.3 Å². The maximum absolute atomic E-state index is 14.2. The van der Waals surface area contributed by atoms with E-state index >= 15 is 0 Å². The molecule has 41 heavy (non-hydrogen) atoms. The first kappa shape index (κ1) is 32.6. The summed E-state index contributed by atoms with van der Waals surface area (Å²) < 4.78 is 28.5. The van der Waals surface area contributed by atoms with Gasteiger partial charge >= 0.3 is 0 Å². The standard InChI is InChI=1S/C32H45F2N3O4/c1-5-11-36(12-6-2)32(41)24-15-21(4)14-23(16-24)31(40)35-29(22-17-25(33)19-26(34)18-22)30(39)28(38)20-37-13-9-8-10-27(37)7-3/h14-19,27-30,38-39H,5-13,20H2,1-4H3,(H,35,40)/t27?,28-,29?,30+/m0/s1. The van der Waals surface area contributed by atoms with Crippen molar-refractivity contribution in [3.05, 3.63) is 70.3 Å². The second-order valence-electron chi connectivity index (χ2n) is 11.1. The second-order valence-corrected chi connectivity index (χ2v) is 11.1. The fourth-order valence-electron chi connectivity index (χ4n) is 5.75. The Morgan fingerprint density at radius 2 is 1.61 bits per heavy atom. The van der Waals surface area contributed by atoms with Crippen LogP contribution in [0.1, 0.15) is 97.2 Å². The van der Waals surface area contributed by atoms with Gasteiger partial charge in [-0.25, -0.2) is 8.78 Å². The molecule has 2 aromatic rings. The van der Waals surface area contributed by atoms with Gasteiger partial charge in [-0.15, -0.1) is 0 Å². The molecule has 2 amide bonds. The Balaban J connectivity index is 1.90. The molecule has 2 aromatic carbocycles. The molecule has 1 aliphatic heterocycles. The number of amides is 2. The molecule has 7 nitrogen and oxygen atoms in total. The number of aliphatic hydroxyl groups is 2. The molecule has 2 unspecified atom stereocenters. The van der Waals surface area contributed by atoms with Gasteiger partial charge in [-0.1, -0.05) is 27.2 Å². The van der Waals surface area contributed by atoms with Crippen molar-refractivity contribution < 1.29 is 28.6 Å². The average Bonchev–Trinajstić information content (AvgIpc) is 2.94. The predicted octanol–water partition coefficient (Wildman–Crippen LogP) is 4.99. The van der Waals surface area contributed by atoms with Crippen LogP contribution in [0.4, 0.5) is 8.78 Å². The predicted molar refractivity (Wildman–Crippen MR) is 156 cm³/mol. The van der Waals surface area contributed by atoms with E-state index in [1.54, 1.807) is 24.0 Å². The zero-order valence-corrected chi connectivity index (χ0v) is 24.7. The molecule has 1 fully saturated rings. The van der Waals surface area contributed by atoms with Crippen LogP contribution in [0.15, 0.2) is 36.4 Å². The topological polar surface area (TPSA) is 93.1 Å². The number of aryl methyl sites for hydroxylation is 1. The molecule has 9 heteroatoms. The summed E-state index contributed by atoms with van der Waals surface area (Å²) in [5, 5.41) is 25.1. The van der Waals surface area contributed by atoms with Gasteiger partial charge in [-0.3, -0.25) is 14.5 Å². The van der Waals surface area contributed by atoms with Crippen molar-refractivity contribution in [1.29, 1.82) is 0 Å². The Kier molecular flexibility index (Phi) is 12.2. The summed E-state index contributed by atoms with van der Waals surface area (Å²) in [6.45, 7) is 9.97. The first-order valence-corrected chi connectivity index (χ1v) is 14.9. The molecule has 1 heterocycles. The molecule has 0 saturated carbocycles. The normalized spacial score (nSPS) is 18.0. The van der Waals surface area contributed by atoms with Crippen molar-refractivity contribution in [2.45, 2.75) is 90.5 Å². The van der Waals surface area contributed by atoms with E-state index in [1.165, 1.54) is 6.07 Å². The number of β-amino-alcohol motifs (C(OH)–C–C–N with tert-alkyl or cyclic N) is 1. The highest BCUT2D eigenvalue weighted by atomic mass is 19.1. The fraction of sp³-hybridized carbons (Fsp3) is 0.562. The Morgan fingerprint density at radius 3 is 2.22 bits per heavy atom. The number of hydrogen-bond donors (Lipinski definition) is 3. The number of nitrogens with zero attached hydrogens (tertiary/aromatic N) is 2. The molecule has 226 valence electrons. The van der Waals surface area contributed by atoms with Crippen molar-refractivity contribution in [3.8, 4) is 0 Å². The van der Waals surface area contributed by atoms with Crippen molar-refractivity contribution >= 4 is 11.8 Å². The summed E-state index contributed by atoms with van der Waals surface area (Å²) in [7, 11) is 0. The summed E-state index contributed by atoms with van der Waals surface area (Å²) in [4.78, 5) is 30.7. The van der Waals surface area contributed by atoms with Crippen molar-refractivity contribution in [2.75, 3.05) is 26.2 Å². The van der Waals surface area contributed by atoms with Gasteiger partial charge in [0.1, 0.15) is 17.7 Å². The van der Waals surface area contributed by atoms with Crippen LogP contribution in [-0.4, -0.2) is 76.3 Å². The summed E-state index contributed by atoms with van der Waals surface area (Å²) in [6, 6.07) is 6.59. The second kappa shape index (κ2) is 15.4. The third kappa shape index (κ3) is 8.80. The first-order valence-electron chi connectivity index (χ1n) is 14.9. The fourth-order valence-corrected chi connectivity index (χ4v) is 5.75. The minimum absolute atomic E-state index is 0.00546. The molecule has 0 spiro atoms. The van der Waals surface area contributed by atoms with Gasteiger partial charge in [0.25, 0.3) is 11.8 Å². The largest absolute Gasteiger partial charge is 0.389 e. The number of carbonyl (C=O) groups is 2. The van der Waals surface area contributed by atoms with Crippen LogP contribution in [0.3, 0.4) is 0 Å². The number of hydrogen-bond acceptors (Lipinski definition) is 5. The Hall–Kier alpha value is -2.88. The molecule has 1 saturated heterocycles. The molecule has 3 N–H and O–H groups in total. The lowest BCUT2D eigenvalue weighted by atomic mass is 9.94. The molecule has 0 aromatic heterocycles. The number of likely N-dealkylation sites (tertiary alicyclic amines) is 1. The maximum Gasteiger partial charge on any atom is 0.253 e. The lowest BCUT2D eigenvalue weighted by Crippen LogP contribution is -2.50. The number of halogens is 2.